The number of phenolic OH excluding ortho intramolecular Hbond substituents is 1. The van der Waals surface area contributed by atoms with Gasteiger partial charge in [-0.1, -0.05) is 48.0 Å². The first-order chi connectivity index (χ1) is 11.1. The number of rotatable bonds is 4. The van der Waals surface area contributed by atoms with E-state index < -0.39 is 0 Å². The van der Waals surface area contributed by atoms with Crippen molar-refractivity contribution in [1.29, 1.82) is 0 Å². The number of nitrogens with zero attached hydrogens (tertiary/aromatic N) is 1. The smallest absolute Gasteiger partial charge is 0.173 e. The minimum atomic E-state index is 0.170. The zero-order valence-corrected chi connectivity index (χ0v) is 13.2. The van der Waals surface area contributed by atoms with Crippen LogP contribution in [0.1, 0.15) is 5.76 Å². The molecule has 3 nitrogen and oxygen atoms in total. The lowest BCUT2D eigenvalue weighted by atomic mass is 10.2. The fourth-order valence-electron chi connectivity index (χ4n) is 2.34. The lowest BCUT2D eigenvalue weighted by Gasteiger charge is -2.16. The van der Waals surface area contributed by atoms with Gasteiger partial charge < -0.3 is 9.15 Å². The molecule has 0 bridgehead atoms. The molecule has 0 aliphatic rings. The number of aromatic hydroxyl groups is 1. The van der Waals surface area contributed by atoms with E-state index in [-0.39, 0.29) is 5.75 Å². The molecule has 0 spiro atoms. The molecular weight excluding hydrogens is 310 g/mol. The minimum absolute atomic E-state index is 0.170. The first kappa shape index (κ1) is 15.1. The van der Waals surface area contributed by atoms with Crippen LogP contribution in [0.3, 0.4) is 0 Å². The standard InChI is InChI=1S/C19H16ClNO2/c1-21(17-5-3-4-6-18(17)22)13-16-11-12-19(23(16)2)14-7-9-15(20)10-8-14/h3-13,22H,1-2H2. The molecule has 3 aromatic rings. The van der Waals surface area contributed by atoms with Crippen molar-refractivity contribution in [2.75, 3.05) is 0 Å². The van der Waals surface area contributed by atoms with Crippen LogP contribution in [0.25, 0.3) is 11.3 Å². The topological polar surface area (TPSA) is 25.9 Å². The van der Waals surface area contributed by atoms with Crippen LogP contribution in [-0.2, 0) is 0 Å². The van der Waals surface area contributed by atoms with E-state index in [1.165, 1.54) is 0 Å². The second kappa shape index (κ2) is 6.15. The molecule has 0 fully saturated rings. The van der Waals surface area contributed by atoms with Crippen LogP contribution in [0.15, 0.2) is 64.7 Å². The number of halogens is 1. The molecule has 1 aromatic heterocycles. The van der Waals surface area contributed by atoms with Crippen LogP contribution in [0.4, 0.5) is 5.69 Å². The summed E-state index contributed by atoms with van der Waals surface area (Å²) >= 11 is 5.92. The van der Waals surface area contributed by atoms with Crippen molar-refractivity contribution < 1.29 is 13.7 Å². The molecule has 0 aliphatic heterocycles. The Bertz CT molecular complexity index is 850. The molecule has 0 saturated carbocycles. The van der Waals surface area contributed by atoms with E-state index in [9.17, 15) is 5.11 Å². The van der Waals surface area contributed by atoms with Gasteiger partial charge in [0, 0.05) is 10.6 Å². The number of para-hydroxylation sites is 2. The van der Waals surface area contributed by atoms with Crippen LogP contribution >= 0.6 is 11.6 Å². The highest BCUT2D eigenvalue weighted by Crippen LogP contribution is 2.32. The second-order valence-electron chi connectivity index (χ2n) is 5.09. The highest BCUT2D eigenvalue weighted by Gasteiger charge is 2.11. The van der Waals surface area contributed by atoms with Crippen molar-refractivity contribution in [2.45, 2.75) is 0 Å². The van der Waals surface area contributed by atoms with E-state index in [1.54, 1.807) is 29.3 Å². The summed E-state index contributed by atoms with van der Waals surface area (Å²) in [5.41, 5.74) is 1.61. The molecule has 23 heavy (non-hydrogen) atoms. The summed E-state index contributed by atoms with van der Waals surface area (Å²) < 4.78 is 4.33. The summed E-state index contributed by atoms with van der Waals surface area (Å²) in [6.07, 6.45) is 0. The van der Waals surface area contributed by atoms with Gasteiger partial charge in [-0.3, -0.25) is 4.58 Å². The van der Waals surface area contributed by atoms with Crippen molar-refractivity contribution in [1.82, 2.24) is 0 Å². The van der Waals surface area contributed by atoms with Crippen LogP contribution in [0, 0.1) is 13.7 Å². The summed E-state index contributed by atoms with van der Waals surface area (Å²) in [5.74, 6) is 1.84. The Labute approximate surface area is 140 Å². The van der Waals surface area contributed by atoms with Crippen LogP contribution in [0.5, 0.6) is 5.75 Å². The Hall–Kier alpha value is -2.78. The molecule has 3 rings (SSSR count). The van der Waals surface area contributed by atoms with Gasteiger partial charge in [-0.05, 0) is 24.3 Å². The third-order valence-electron chi connectivity index (χ3n) is 3.55. The Kier molecular flexibility index (Phi) is 4.04. The third-order valence-corrected chi connectivity index (χ3v) is 3.80. The molecule has 0 aliphatic carbocycles. The van der Waals surface area contributed by atoms with Crippen molar-refractivity contribution in [3.63, 3.8) is 0 Å². The van der Waals surface area contributed by atoms with Crippen molar-refractivity contribution in [3.8, 4) is 17.1 Å². The highest BCUT2D eigenvalue weighted by molar-refractivity contribution is 6.30. The Morgan fingerprint density at radius 3 is 2.43 bits per heavy atom. The van der Waals surface area contributed by atoms with E-state index in [1.807, 2.05) is 42.5 Å². The zero-order chi connectivity index (χ0) is 16.4. The summed E-state index contributed by atoms with van der Waals surface area (Å²) in [6, 6.07) is 18.4. The third kappa shape index (κ3) is 3.05. The van der Waals surface area contributed by atoms with Crippen molar-refractivity contribution in [2.24, 2.45) is 0 Å². The Morgan fingerprint density at radius 2 is 1.74 bits per heavy atom. The largest absolute Gasteiger partial charge is 0.673 e. The molecular formula is C19H16ClNO2. The predicted octanol–water partition coefficient (Wildman–Crippen LogP) is 5.19. The molecule has 0 amide bonds. The van der Waals surface area contributed by atoms with E-state index in [2.05, 4.69) is 17.9 Å². The molecule has 0 saturated heterocycles. The summed E-state index contributed by atoms with van der Waals surface area (Å²) in [4.78, 5) is 0. The SMILES string of the molecule is C=[N+]([CH-]c1ccc(-c2ccc(Cl)cc2)[o+]1[CH2-])c1ccccc1O. The van der Waals surface area contributed by atoms with Gasteiger partial charge in [-0.25, -0.2) is 0 Å². The Morgan fingerprint density at radius 1 is 1.04 bits per heavy atom. The minimum Gasteiger partial charge on any atom is -0.673 e. The predicted molar refractivity (Wildman–Crippen MR) is 93.1 cm³/mol. The first-order valence-corrected chi connectivity index (χ1v) is 7.38. The molecule has 1 N–H and O–H groups in total. The number of phenols is 1. The van der Waals surface area contributed by atoms with Gasteiger partial charge in [0.15, 0.2) is 11.4 Å². The first-order valence-electron chi connectivity index (χ1n) is 7.01. The fraction of sp³-hybridized carbons (Fsp3) is 0. The van der Waals surface area contributed by atoms with Crippen molar-refractivity contribution in [3.05, 3.63) is 85.1 Å². The van der Waals surface area contributed by atoms with Crippen LogP contribution in [-0.4, -0.2) is 16.4 Å². The summed E-state index contributed by atoms with van der Waals surface area (Å²) in [5, 5.41) is 10.6. The van der Waals surface area contributed by atoms with Crippen LogP contribution < -0.4 is 0 Å². The van der Waals surface area contributed by atoms with Crippen molar-refractivity contribution >= 4 is 24.0 Å². The molecule has 0 unspecified atom stereocenters. The maximum atomic E-state index is 9.89. The zero-order valence-electron chi connectivity index (χ0n) is 12.4. The number of benzene rings is 2. The molecule has 2 aromatic carbocycles. The fourth-order valence-corrected chi connectivity index (χ4v) is 2.46. The second-order valence-corrected chi connectivity index (χ2v) is 5.52. The van der Waals surface area contributed by atoms with Gasteiger partial charge >= 0.3 is 0 Å². The van der Waals surface area contributed by atoms with E-state index in [0.717, 1.165) is 17.1 Å². The molecule has 4 heteroatoms. The molecule has 0 radical (unpaired) electrons. The van der Waals surface area contributed by atoms with Crippen LogP contribution in [0.2, 0.25) is 5.02 Å². The quantitative estimate of drug-likeness (QED) is 0.304. The normalized spacial score (nSPS) is 10.5. The van der Waals surface area contributed by atoms with Gasteiger partial charge in [0.05, 0.1) is 13.8 Å². The lowest BCUT2D eigenvalue weighted by molar-refractivity contribution is -0.382. The van der Waals surface area contributed by atoms with E-state index in [4.69, 9.17) is 11.6 Å². The van der Waals surface area contributed by atoms with Gasteiger partial charge in [0.2, 0.25) is 0 Å². The van der Waals surface area contributed by atoms with E-state index >= 15 is 0 Å². The number of furan rings is 1. The van der Waals surface area contributed by atoms with Gasteiger partial charge in [0.1, 0.15) is 18.1 Å². The molecule has 1 heterocycles. The monoisotopic (exact) mass is 325 g/mol. The summed E-state index contributed by atoms with van der Waals surface area (Å²) in [7, 11) is 4.00. The molecule has 0 atom stereocenters. The van der Waals surface area contributed by atoms with E-state index in [0.29, 0.717) is 10.7 Å². The molecule has 116 valence electrons. The maximum absolute atomic E-state index is 9.89. The van der Waals surface area contributed by atoms with Gasteiger partial charge in [-0.2, -0.15) is 0 Å². The lowest BCUT2D eigenvalue weighted by Crippen LogP contribution is -2.00. The number of hydrogen-bond donors (Lipinski definition) is 1. The Balaban J connectivity index is 1.86. The maximum Gasteiger partial charge on any atom is 0.173 e. The average molecular weight is 326 g/mol. The summed E-state index contributed by atoms with van der Waals surface area (Å²) in [6.45, 7) is 5.73. The van der Waals surface area contributed by atoms with Gasteiger partial charge in [0.25, 0.3) is 0 Å². The number of hydrogen-bond acceptors (Lipinski definition) is 1. The average Bonchev–Trinajstić information content (AvgIpc) is 2.89. The highest BCUT2D eigenvalue weighted by atomic mass is 35.5. The van der Waals surface area contributed by atoms with Gasteiger partial charge in [-0.15, -0.1) is 0 Å².